The van der Waals surface area contributed by atoms with Crippen molar-refractivity contribution in [2.45, 2.75) is 26.4 Å². The van der Waals surface area contributed by atoms with Crippen molar-refractivity contribution in [3.63, 3.8) is 0 Å². The van der Waals surface area contributed by atoms with E-state index in [1.807, 2.05) is 6.92 Å². The Bertz CT molecular complexity index is 423. The van der Waals surface area contributed by atoms with Crippen molar-refractivity contribution in [1.82, 2.24) is 9.78 Å². The van der Waals surface area contributed by atoms with Gasteiger partial charge in [0.05, 0.1) is 12.8 Å². The molecule has 0 saturated heterocycles. The van der Waals surface area contributed by atoms with E-state index >= 15 is 0 Å². The Kier molecular flexibility index (Phi) is 3.77. The molecule has 1 heterocycles. The van der Waals surface area contributed by atoms with Gasteiger partial charge in [-0.3, -0.25) is 4.68 Å². The van der Waals surface area contributed by atoms with E-state index < -0.39 is 11.6 Å². The molecule has 0 aliphatic carbocycles. The molecule has 0 amide bonds. The molecular weight excluding hydrogens is 224 g/mol. The van der Waals surface area contributed by atoms with E-state index in [0.29, 0.717) is 11.4 Å². The predicted octanol–water partition coefficient (Wildman–Crippen LogP) is 0.340. The highest BCUT2D eigenvalue weighted by molar-refractivity contribution is 5.78. The van der Waals surface area contributed by atoms with Crippen molar-refractivity contribution in [3.05, 3.63) is 11.4 Å². The number of nitrogens with zero attached hydrogens (tertiary/aromatic N) is 2. The standard InChI is InChI=1S/C11H18N2O4/c1-7-9(8(2)13(4)12-7)17-6-11(3,15)10(14)16-5/h15H,6H2,1-5H3. The summed E-state index contributed by atoms with van der Waals surface area (Å²) in [7, 11) is 3.02. The average Bonchev–Trinajstić information content (AvgIpc) is 2.50. The van der Waals surface area contributed by atoms with Crippen LogP contribution in [0.4, 0.5) is 0 Å². The number of aryl methyl sites for hydroxylation is 2. The number of aliphatic hydroxyl groups is 1. The molecule has 1 aromatic heterocycles. The first kappa shape index (κ1) is 13.5. The Morgan fingerprint density at radius 1 is 1.53 bits per heavy atom. The van der Waals surface area contributed by atoms with Gasteiger partial charge in [-0.1, -0.05) is 0 Å². The van der Waals surface area contributed by atoms with Crippen LogP contribution in [0, 0.1) is 13.8 Å². The summed E-state index contributed by atoms with van der Waals surface area (Å²) in [6.07, 6.45) is 0. The molecule has 1 unspecified atom stereocenters. The highest BCUT2D eigenvalue weighted by Gasteiger charge is 2.33. The van der Waals surface area contributed by atoms with Gasteiger partial charge in [0.2, 0.25) is 0 Å². The van der Waals surface area contributed by atoms with E-state index in [1.54, 1.807) is 18.7 Å². The molecule has 0 aliphatic heterocycles. The molecule has 1 N–H and O–H groups in total. The fraction of sp³-hybridized carbons (Fsp3) is 0.636. The molecule has 1 rings (SSSR count). The average molecular weight is 242 g/mol. The van der Waals surface area contributed by atoms with Crippen molar-refractivity contribution in [3.8, 4) is 5.75 Å². The molecule has 0 radical (unpaired) electrons. The Morgan fingerprint density at radius 3 is 2.53 bits per heavy atom. The number of methoxy groups -OCH3 is 1. The molecule has 0 saturated carbocycles. The van der Waals surface area contributed by atoms with Gasteiger partial charge in [-0.05, 0) is 20.8 Å². The summed E-state index contributed by atoms with van der Waals surface area (Å²) in [6, 6.07) is 0. The SMILES string of the molecule is COC(=O)C(C)(O)COc1c(C)nn(C)c1C. The van der Waals surface area contributed by atoms with Crippen LogP contribution in [0.5, 0.6) is 5.75 Å². The second-order valence-electron chi connectivity index (χ2n) is 4.18. The third-order valence-electron chi connectivity index (χ3n) is 2.57. The van der Waals surface area contributed by atoms with Gasteiger partial charge in [-0.15, -0.1) is 0 Å². The topological polar surface area (TPSA) is 73.6 Å². The summed E-state index contributed by atoms with van der Waals surface area (Å²) in [5.41, 5.74) is -0.113. The first-order valence-electron chi connectivity index (χ1n) is 5.23. The first-order valence-corrected chi connectivity index (χ1v) is 5.23. The number of carbonyl (C=O) groups is 1. The summed E-state index contributed by atoms with van der Waals surface area (Å²) >= 11 is 0. The highest BCUT2D eigenvalue weighted by atomic mass is 16.6. The molecule has 96 valence electrons. The lowest BCUT2D eigenvalue weighted by atomic mass is 10.1. The van der Waals surface area contributed by atoms with Crippen LogP contribution in [0.1, 0.15) is 18.3 Å². The molecule has 0 fully saturated rings. The van der Waals surface area contributed by atoms with Crippen LogP contribution in [0.15, 0.2) is 0 Å². The fourth-order valence-corrected chi connectivity index (χ4v) is 1.45. The van der Waals surface area contributed by atoms with Crippen LogP contribution < -0.4 is 4.74 Å². The maximum atomic E-state index is 11.3. The zero-order valence-electron chi connectivity index (χ0n) is 10.8. The number of aromatic nitrogens is 2. The van der Waals surface area contributed by atoms with E-state index in [4.69, 9.17) is 4.74 Å². The van der Waals surface area contributed by atoms with Gasteiger partial charge in [0.1, 0.15) is 12.3 Å². The maximum Gasteiger partial charge on any atom is 0.341 e. The number of hydrogen-bond donors (Lipinski definition) is 1. The summed E-state index contributed by atoms with van der Waals surface area (Å²) in [4.78, 5) is 11.3. The quantitative estimate of drug-likeness (QED) is 0.771. The molecule has 0 aliphatic rings. The molecule has 6 heteroatoms. The maximum absolute atomic E-state index is 11.3. The molecule has 17 heavy (non-hydrogen) atoms. The van der Waals surface area contributed by atoms with Gasteiger partial charge in [0.25, 0.3) is 0 Å². The minimum absolute atomic E-state index is 0.174. The van der Waals surface area contributed by atoms with E-state index in [-0.39, 0.29) is 6.61 Å². The number of carbonyl (C=O) groups excluding carboxylic acids is 1. The second-order valence-corrected chi connectivity index (χ2v) is 4.18. The van der Waals surface area contributed by atoms with Gasteiger partial charge < -0.3 is 14.6 Å². The van der Waals surface area contributed by atoms with Crippen LogP contribution in [-0.4, -0.2) is 40.2 Å². The Morgan fingerprint density at radius 2 is 2.12 bits per heavy atom. The lowest BCUT2D eigenvalue weighted by Crippen LogP contribution is -2.42. The van der Waals surface area contributed by atoms with Gasteiger partial charge in [0, 0.05) is 7.05 Å². The van der Waals surface area contributed by atoms with Gasteiger partial charge in [0.15, 0.2) is 11.4 Å². The fourth-order valence-electron chi connectivity index (χ4n) is 1.45. The monoisotopic (exact) mass is 242 g/mol. The molecular formula is C11H18N2O4. The van der Waals surface area contributed by atoms with Crippen molar-refractivity contribution in [1.29, 1.82) is 0 Å². The van der Waals surface area contributed by atoms with Crippen LogP contribution in [0.25, 0.3) is 0 Å². The minimum atomic E-state index is -1.66. The molecule has 6 nitrogen and oxygen atoms in total. The van der Waals surface area contributed by atoms with Crippen LogP contribution in [0.3, 0.4) is 0 Å². The van der Waals surface area contributed by atoms with Crippen LogP contribution >= 0.6 is 0 Å². The van der Waals surface area contributed by atoms with E-state index in [2.05, 4.69) is 9.84 Å². The summed E-state index contributed by atoms with van der Waals surface area (Å²) in [6.45, 7) is 4.82. The van der Waals surface area contributed by atoms with Crippen molar-refractivity contribution in [2.24, 2.45) is 7.05 Å². The van der Waals surface area contributed by atoms with Crippen LogP contribution in [0.2, 0.25) is 0 Å². The zero-order chi connectivity index (χ0) is 13.2. The van der Waals surface area contributed by atoms with Crippen molar-refractivity contribution in [2.75, 3.05) is 13.7 Å². The minimum Gasteiger partial charge on any atom is -0.486 e. The van der Waals surface area contributed by atoms with E-state index in [9.17, 15) is 9.90 Å². The largest absolute Gasteiger partial charge is 0.486 e. The van der Waals surface area contributed by atoms with Gasteiger partial charge >= 0.3 is 5.97 Å². The highest BCUT2D eigenvalue weighted by Crippen LogP contribution is 2.22. The van der Waals surface area contributed by atoms with Crippen molar-refractivity contribution >= 4 is 5.97 Å². The lowest BCUT2D eigenvalue weighted by molar-refractivity contribution is -0.163. The molecule has 0 aromatic carbocycles. The predicted molar refractivity (Wildman–Crippen MR) is 60.8 cm³/mol. The van der Waals surface area contributed by atoms with E-state index in [0.717, 1.165) is 5.69 Å². The smallest absolute Gasteiger partial charge is 0.341 e. The first-order chi connectivity index (χ1) is 7.79. The lowest BCUT2D eigenvalue weighted by Gasteiger charge is -2.20. The zero-order valence-corrected chi connectivity index (χ0v) is 10.8. The van der Waals surface area contributed by atoms with E-state index in [1.165, 1.54) is 14.0 Å². The Labute approximate surface area is 100 Å². The summed E-state index contributed by atoms with van der Waals surface area (Å²) < 4.78 is 11.6. The number of hydrogen-bond acceptors (Lipinski definition) is 5. The van der Waals surface area contributed by atoms with Crippen LogP contribution in [-0.2, 0) is 16.6 Å². The van der Waals surface area contributed by atoms with Gasteiger partial charge in [-0.25, -0.2) is 4.79 Å². The third-order valence-corrected chi connectivity index (χ3v) is 2.57. The molecule has 0 spiro atoms. The Balaban J connectivity index is 2.77. The van der Waals surface area contributed by atoms with Crippen molar-refractivity contribution < 1.29 is 19.4 Å². The number of ether oxygens (including phenoxy) is 2. The third kappa shape index (κ3) is 2.76. The van der Waals surface area contributed by atoms with Gasteiger partial charge in [-0.2, -0.15) is 5.10 Å². The molecule has 1 aromatic rings. The molecule has 0 bridgehead atoms. The number of esters is 1. The summed E-state index contributed by atoms with van der Waals surface area (Å²) in [5.74, 6) is -0.145. The molecule has 1 atom stereocenters. The number of rotatable bonds is 4. The summed E-state index contributed by atoms with van der Waals surface area (Å²) in [5, 5.41) is 14.0. The second kappa shape index (κ2) is 4.75. The Hall–Kier alpha value is -1.56. The normalized spacial score (nSPS) is 14.2.